The van der Waals surface area contributed by atoms with Crippen LogP contribution in [0.5, 0.6) is 0 Å². The van der Waals surface area contributed by atoms with Crippen LogP contribution in [0.15, 0.2) is 30.6 Å². The Morgan fingerprint density at radius 3 is 2.90 bits per heavy atom. The van der Waals surface area contributed by atoms with E-state index >= 15 is 0 Å². The molecule has 0 spiro atoms. The first-order chi connectivity index (χ1) is 10.2. The van der Waals surface area contributed by atoms with Crippen LogP contribution in [-0.2, 0) is 4.79 Å². The summed E-state index contributed by atoms with van der Waals surface area (Å²) in [5.74, 6) is -0.207. The number of amides is 1. The summed E-state index contributed by atoms with van der Waals surface area (Å²) in [5, 5.41) is 3.50. The fourth-order valence-electron chi connectivity index (χ4n) is 3.57. The monoisotopic (exact) mass is 284 g/mol. The van der Waals surface area contributed by atoms with Gasteiger partial charge in [0, 0.05) is 12.1 Å². The molecule has 0 radical (unpaired) electrons. The van der Waals surface area contributed by atoms with Crippen LogP contribution in [0.25, 0.3) is 11.0 Å². The predicted molar refractivity (Wildman–Crippen MR) is 80.7 cm³/mol. The number of para-hydroxylation sites is 2. The molecule has 110 valence electrons. The minimum absolute atomic E-state index is 0.207. The number of hydrogen-bond acceptors (Lipinski definition) is 3. The average molecular weight is 284 g/mol. The van der Waals surface area contributed by atoms with Crippen LogP contribution in [0.4, 0.5) is 0 Å². The molecule has 0 aliphatic heterocycles. The van der Waals surface area contributed by atoms with Crippen LogP contribution in [0.2, 0.25) is 0 Å². The Morgan fingerprint density at radius 2 is 2.14 bits per heavy atom. The summed E-state index contributed by atoms with van der Waals surface area (Å²) in [6.45, 7) is 0. The van der Waals surface area contributed by atoms with Crippen molar-refractivity contribution in [3.8, 4) is 0 Å². The molecule has 0 bridgehead atoms. The number of rotatable bonds is 4. The summed E-state index contributed by atoms with van der Waals surface area (Å²) in [4.78, 5) is 16.5. The number of carbonyl (C=O) groups excluding carboxylic acids is 1. The standard InChI is InChI=1S/C16H20N4O/c17-15(21)16(19-11-5-6-11)8-7-12(9-16)20-10-18-13-3-1-2-4-14(13)20/h1-4,10-12,19H,5-9H2,(H2,17,21). The van der Waals surface area contributed by atoms with E-state index in [2.05, 4.69) is 20.9 Å². The van der Waals surface area contributed by atoms with E-state index in [1.54, 1.807) is 0 Å². The van der Waals surface area contributed by atoms with E-state index in [0.717, 1.165) is 43.1 Å². The van der Waals surface area contributed by atoms with Gasteiger partial charge in [-0.05, 0) is 44.2 Å². The van der Waals surface area contributed by atoms with E-state index in [4.69, 9.17) is 5.73 Å². The van der Waals surface area contributed by atoms with Crippen LogP contribution in [0.1, 0.15) is 38.1 Å². The summed E-state index contributed by atoms with van der Waals surface area (Å²) in [7, 11) is 0. The van der Waals surface area contributed by atoms with Crippen molar-refractivity contribution in [1.82, 2.24) is 14.9 Å². The van der Waals surface area contributed by atoms with Crippen molar-refractivity contribution in [2.24, 2.45) is 5.73 Å². The number of aromatic nitrogens is 2. The molecule has 1 heterocycles. The highest BCUT2D eigenvalue weighted by Crippen LogP contribution is 2.41. The average Bonchev–Trinajstić information content (AvgIpc) is 3.01. The van der Waals surface area contributed by atoms with Crippen LogP contribution < -0.4 is 11.1 Å². The lowest BCUT2D eigenvalue weighted by Crippen LogP contribution is -2.54. The Labute approximate surface area is 123 Å². The largest absolute Gasteiger partial charge is 0.368 e. The van der Waals surface area contributed by atoms with Gasteiger partial charge in [-0.25, -0.2) is 4.98 Å². The molecule has 1 aromatic carbocycles. The second-order valence-corrected chi connectivity index (χ2v) is 6.40. The number of nitrogens with zero attached hydrogens (tertiary/aromatic N) is 2. The predicted octanol–water partition coefficient (Wildman–Crippen LogP) is 1.74. The number of fused-ring (bicyclic) bond motifs is 1. The molecule has 1 amide bonds. The topological polar surface area (TPSA) is 72.9 Å². The Balaban J connectivity index is 1.64. The lowest BCUT2D eigenvalue weighted by molar-refractivity contribution is -0.124. The third-order valence-corrected chi connectivity index (χ3v) is 4.89. The van der Waals surface area contributed by atoms with E-state index in [0.29, 0.717) is 6.04 Å². The van der Waals surface area contributed by atoms with Crippen LogP contribution in [-0.4, -0.2) is 27.0 Å². The molecule has 5 heteroatoms. The third kappa shape index (κ3) is 2.12. The van der Waals surface area contributed by atoms with E-state index in [1.807, 2.05) is 24.5 Å². The number of primary amides is 1. The fourth-order valence-corrected chi connectivity index (χ4v) is 3.57. The maximum atomic E-state index is 12.0. The van der Waals surface area contributed by atoms with Crippen molar-refractivity contribution in [2.75, 3.05) is 0 Å². The zero-order valence-electron chi connectivity index (χ0n) is 12.0. The summed E-state index contributed by atoms with van der Waals surface area (Å²) in [6.07, 6.45) is 6.75. The molecule has 5 nitrogen and oxygen atoms in total. The zero-order valence-corrected chi connectivity index (χ0v) is 12.0. The Bertz CT molecular complexity index is 690. The van der Waals surface area contributed by atoms with Gasteiger partial charge in [-0.1, -0.05) is 12.1 Å². The zero-order chi connectivity index (χ0) is 14.4. The Kier molecular flexibility index (Phi) is 2.79. The van der Waals surface area contributed by atoms with Gasteiger partial charge in [0.2, 0.25) is 5.91 Å². The summed E-state index contributed by atoms with van der Waals surface area (Å²) >= 11 is 0. The maximum Gasteiger partial charge on any atom is 0.237 e. The number of imidazole rings is 1. The number of carbonyl (C=O) groups is 1. The van der Waals surface area contributed by atoms with Gasteiger partial charge >= 0.3 is 0 Å². The van der Waals surface area contributed by atoms with Crippen molar-refractivity contribution < 1.29 is 4.79 Å². The van der Waals surface area contributed by atoms with Crippen LogP contribution in [0.3, 0.4) is 0 Å². The molecular formula is C16H20N4O. The first-order valence-electron chi connectivity index (χ1n) is 7.67. The smallest absolute Gasteiger partial charge is 0.237 e. The van der Waals surface area contributed by atoms with E-state index in [-0.39, 0.29) is 11.9 Å². The quantitative estimate of drug-likeness (QED) is 0.898. The fraction of sp³-hybridized carbons (Fsp3) is 0.500. The summed E-state index contributed by atoms with van der Waals surface area (Å²) < 4.78 is 2.20. The summed E-state index contributed by atoms with van der Waals surface area (Å²) in [5.41, 5.74) is 7.32. The van der Waals surface area contributed by atoms with Gasteiger partial charge < -0.3 is 15.6 Å². The van der Waals surface area contributed by atoms with Crippen molar-refractivity contribution in [3.63, 3.8) is 0 Å². The second-order valence-electron chi connectivity index (χ2n) is 6.40. The third-order valence-electron chi connectivity index (χ3n) is 4.89. The molecule has 4 rings (SSSR count). The molecule has 2 aliphatic carbocycles. The summed E-state index contributed by atoms with van der Waals surface area (Å²) in [6, 6.07) is 8.90. The molecule has 2 aliphatic rings. The Hall–Kier alpha value is -1.88. The van der Waals surface area contributed by atoms with Crippen molar-refractivity contribution in [2.45, 2.75) is 49.7 Å². The number of hydrogen-bond donors (Lipinski definition) is 2. The number of nitrogens with two attached hydrogens (primary N) is 1. The van der Waals surface area contributed by atoms with Gasteiger partial charge in [-0.2, -0.15) is 0 Å². The lowest BCUT2D eigenvalue weighted by Gasteiger charge is -2.27. The molecular weight excluding hydrogens is 264 g/mol. The van der Waals surface area contributed by atoms with Gasteiger partial charge in [0.1, 0.15) is 0 Å². The highest BCUT2D eigenvalue weighted by molar-refractivity contribution is 5.85. The Morgan fingerprint density at radius 1 is 1.33 bits per heavy atom. The molecule has 1 aromatic heterocycles. The normalized spacial score (nSPS) is 29.0. The van der Waals surface area contributed by atoms with Gasteiger partial charge in [-0.3, -0.25) is 4.79 Å². The minimum Gasteiger partial charge on any atom is -0.368 e. The molecule has 21 heavy (non-hydrogen) atoms. The van der Waals surface area contributed by atoms with Crippen molar-refractivity contribution in [1.29, 1.82) is 0 Å². The first-order valence-corrected chi connectivity index (χ1v) is 7.67. The van der Waals surface area contributed by atoms with Gasteiger partial charge in [0.25, 0.3) is 0 Å². The van der Waals surface area contributed by atoms with E-state index < -0.39 is 5.54 Å². The van der Waals surface area contributed by atoms with Gasteiger partial charge in [0.05, 0.1) is 22.9 Å². The highest BCUT2D eigenvalue weighted by atomic mass is 16.1. The molecule has 2 saturated carbocycles. The van der Waals surface area contributed by atoms with Crippen molar-refractivity contribution >= 4 is 16.9 Å². The minimum atomic E-state index is -0.531. The number of benzene rings is 1. The molecule has 2 fully saturated rings. The SMILES string of the molecule is NC(=O)C1(NC2CC2)CCC(n2cnc3ccccc32)C1. The molecule has 0 saturated heterocycles. The molecule has 2 atom stereocenters. The van der Waals surface area contributed by atoms with E-state index in [9.17, 15) is 4.79 Å². The van der Waals surface area contributed by atoms with Gasteiger partial charge in [0.15, 0.2) is 0 Å². The molecule has 2 aromatic rings. The lowest BCUT2D eigenvalue weighted by atomic mass is 9.96. The highest BCUT2D eigenvalue weighted by Gasteiger charge is 2.47. The van der Waals surface area contributed by atoms with E-state index in [1.165, 1.54) is 0 Å². The molecule has 3 N–H and O–H groups in total. The van der Waals surface area contributed by atoms with Crippen LogP contribution >= 0.6 is 0 Å². The molecule has 2 unspecified atom stereocenters. The number of nitrogens with one attached hydrogen (secondary N) is 1. The van der Waals surface area contributed by atoms with Gasteiger partial charge in [-0.15, -0.1) is 0 Å². The second kappa shape index (κ2) is 4.56. The van der Waals surface area contributed by atoms with Crippen LogP contribution in [0, 0.1) is 0 Å². The maximum absolute atomic E-state index is 12.0. The first kappa shape index (κ1) is 12.8. The van der Waals surface area contributed by atoms with Crippen molar-refractivity contribution in [3.05, 3.63) is 30.6 Å².